The van der Waals surface area contributed by atoms with Gasteiger partial charge in [-0.05, 0) is 54.7 Å². The molecule has 0 atom stereocenters. The Balaban J connectivity index is 1.81. The highest BCUT2D eigenvalue weighted by Gasteiger charge is 2.43. The minimum absolute atomic E-state index is 0.290. The molecule has 2 aromatic rings. The Kier molecular flexibility index (Phi) is 5.60. The third-order valence-electron chi connectivity index (χ3n) is 5.45. The number of piperidine rings is 1. The minimum Gasteiger partial charge on any atom is -0.366 e. The number of carbonyl (C=O) groups excluding carboxylic acids is 2. The van der Waals surface area contributed by atoms with Crippen molar-refractivity contribution in [2.45, 2.75) is 19.8 Å². The lowest BCUT2D eigenvalue weighted by Crippen LogP contribution is -2.38. The molecule has 2 aromatic carbocycles. The molecule has 29 heavy (non-hydrogen) atoms. The van der Waals surface area contributed by atoms with Gasteiger partial charge in [0.25, 0.3) is 11.8 Å². The van der Waals surface area contributed by atoms with Crippen LogP contribution in [0.25, 0.3) is 5.57 Å². The van der Waals surface area contributed by atoms with Gasteiger partial charge in [-0.3, -0.25) is 9.59 Å². The van der Waals surface area contributed by atoms with Crippen molar-refractivity contribution in [3.63, 3.8) is 0 Å². The highest BCUT2D eigenvalue weighted by molar-refractivity contribution is 6.46. The Labute approximate surface area is 184 Å². The number of hydrogen-bond acceptors (Lipinski definition) is 3. The molecular formula is C22H19Cl3N2O2. The van der Waals surface area contributed by atoms with Gasteiger partial charge in [-0.2, -0.15) is 0 Å². The summed E-state index contributed by atoms with van der Waals surface area (Å²) in [7, 11) is 0. The van der Waals surface area contributed by atoms with Crippen LogP contribution >= 0.6 is 34.8 Å². The second-order valence-electron chi connectivity index (χ2n) is 7.44. The van der Waals surface area contributed by atoms with E-state index in [0.29, 0.717) is 38.5 Å². The Morgan fingerprint density at radius 1 is 0.862 bits per heavy atom. The molecule has 2 aliphatic rings. The molecule has 7 heteroatoms. The van der Waals surface area contributed by atoms with Crippen LogP contribution in [0, 0.1) is 5.92 Å². The zero-order chi connectivity index (χ0) is 20.7. The van der Waals surface area contributed by atoms with Crippen molar-refractivity contribution in [2.75, 3.05) is 18.0 Å². The van der Waals surface area contributed by atoms with Gasteiger partial charge < -0.3 is 4.90 Å². The van der Waals surface area contributed by atoms with Gasteiger partial charge >= 0.3 is 0 Å². The number of likely N-dealkylation sites (tertiary alicyclic amines) is 1. The first kappa shape index (κ1) is 20.3. The second-order valence-corrected chi connectivity index (χ2v) is 8.70. The van der Waals surface area contributed by atoms with E-state index in [0.717, 1.165) is 25.9 Å². The van der Waals surface area contributed by atoms with Gasteiger partial charge in [-0.1, -0.05) is 53.9 Å². The molecule has 0 saturated carbocycles. The number of carbonyl (C=O) groups is 2. The van der Waals surface area contributed by atoms with E-state index in [1.54, 1.807) is 42.5 Å². The zero-order valence-electron chi connectivity index (χ0n) is 15.8. The van der Waals surface area contributed by atoms with Gasteiger partial charge in [0, 0.05) is 18.1 Å². The molecule has 0 radical (unpaired) electrons. The first-order valence-corrected chi connectivity index (χ1v) is 10.6. The van der Waals surface area contributed by atoms with Crippen molar-refractivity contribution < 1.29 is 9.59 Å². The fraction of sp³-hybridized carbons (Fsp3) is 0.273. The number of hydrogen-bond donors (Lipinski definition) is 0. The lowest BCUT2D eigenvalue weighted by atomic mass is 9.97. The predicted octanol–water partition coefficient (Wildman–Crippen LogP) is 5.66. The molecule has 0 aliphatic carbocycles. The van der Waals surface area contributed by atoms with Crippen molar-refractivity contribution in [3.8, 4) is 0 Å². The highest BCUT2D eigenvalue weighted by atomic mass is 35.5. The molecule has 4 nitrogen and oxygen atoms in total. The average molecular weight is 450 g/mol. The number of benzene rings is 2. The summed E-state index contributed by atoms with van der Waals surface area (Å²) in [5.41, 5.74) is 1.91. The predicted molar refractivity (Wildman–Crippen MR) is 117 cm³/mol. The summed E-state index contributed by atoms with van der Waals surface area (Å²) in [4.78, 5) is 30.1. The van der Waals surface area contributed by atoms with Crippen LogP contribution in [0.1, 0.15) is 25.3 Å². The summed E-state index contributed by atoms with van der Waals surface area (Å²) in [5, 5.41) is 1.23. The molecule has 0 aromatic heterocycles. The molecular weight excluding hydrogens is 431 g/mol. The Hall–Kier alpha value is -2.01. The van der Waals surface area contributed by atoms with Gasteiger partial charge in [-0.25, -0.2) is 4.90 Å². The van der Waals surface area contributed by atoms with Crippen molar-refractivity contribution in [1.29, 1.82) is 0 Å². The van der Waals surface area contributed by atoms with Crippen LogP contribution in [0.5, 0.6) is 0 Å². The van der Waals surface area contributed by atoms with Crippen molar-refractivity contribution in [2.24, 2.45) is 5.92 Å². The first-order valence-electron chi connectivity index (χ1n) is 9.46. The Bertz CT molecular complexity index is 1010. The van der Waals surface area contributed by atoms with E-state index >= 15 is 0 Å². The quantitative estimate of drug-likeness (QED) is 0.567. The summed E-state index contributed by atoms with van der Waals surface area (Å²) in [6.45, 7) is 3.68. The van der Waals surface area contributed by atoms with E-state index in [2.05, 4.69) is 6.92 Å². The van der Waals surface area contributed by atoms with E-state index < -0.39 is 0 Å². The molecule has 2 amide bonds. The van der Waals surface area contributed by atoms with Crippen LogP contribution in [0.4, 0.5) is 5.69 Å². The largest absolute Gasteiger partial charge is 0.366 e. The number of halogens is 3. The summed E-state index contributed by atoms with van der Waals surface area (Å²) >= 11 is 18.2. The smallest absolute Gasteiger partial charge is 0.282 e. The lowest BCUT2D eigenvalue weighted by Gasteiger charge is -2.32. The molecule has 4 rings (SSSR count). The molecule has 0 spiro atoms. The van der Waals surface area contributed by atoms with Crippen molar-refractivity contribution >= 4 is 57.9 Å². The van der Waals surface area contributed by atoms with Crippen molar-refractivity contribution in [1.82, 2.24) is 4.90 Å². The van der Waals surface area contributed by atoms with E-state index in [9.17, 15) is 9.59 Å². The number of amides is 2. The van der Waals surface area contributed by atoms with Crippen LogP contribution < -0.4 is 4.90 Å². The van der Waals surface area contributed by atoms with Gasteiger partial charge in [0.2, 0.25) is 0 Å². The average Bonchev–Trinajstić information content (AvgIpc) is 2.96. The van der Waals surface area contributed by atoms with Crippen LogP contribution in [-0.4, -0.2) is 29.8 Å². The maximum Gasteiger partial charge on any atom is 0.282 e. The molecule has 2 heterocycles. The lowest BCUT2D eigenvalue weighted by molar-refractivity contribution is -0.120. The third kappa shape index (κ3) is 3.77. The number of anilines is 1. The number of imide groups is 1. The maximum absolute atomic E-state index is 13.4. The summed E-state index contributed by atoms with van der Waals surface area (Å²) in [5.74, 6) is -0.110. The third-order valence-corrected chi connectivity index (χ3v) is 6.44. The van der Waals surface area contributed by atoms with Crippen molar-refractivity contribution in [3.05, 3.63) is 68.8 Å². The molecule has 150 valence electrons. The Morgan fingerprint density at radius 3 is 2.14 bits per heavy atom. The first-order chi connectivity index (χ1) is 13.9. The SMILES string of the molecule is CC1CCN(C2=C(c3ccc(Cl)cc3)C(=O)N(c3ccc(Cl)c(Cl)c3)C2=O)CC1. The summed E-state index contributed by atoms with van der Waals surface area (Å²) in [6.07, 6.45) is 1.96. The van der Waals surface area contributed by atoms with Gasteiger partial charge in [0.15, 0.2) is 0 Å². The van der Waals surface area contributed by atoms with Crippen LogP contribution in [0.15, 0.2) is 48.2 Å². The molecule has 2 aliphatic heterocycles. The van der Waals surface area contributed by atoms with E-state index in [-0.39, 0.29) is 16.8 Å². The van der Waals surface area contributed by atoms with E-state index in [1.165, 1.54) is 4.90 Å². The summed E-state index contributed by atoms with van der Waals surface area (Å²) < 4.78 is 0. The van der Waals surface area contributed by atoms with Crippen LogP contribution in [0.3, 0.4) is 0 Å². The maximum atomic E-state index is 13.4. The Morgan fingerprint density at radius 2 is 1.52 bits per heavy atom. The van der Waals surface area contributed by atoms with Gasteiger partial charge in [0.1, 0.15) is 5.70 Å². The monoisotopic (exact) mass is 448 g/mol. The molecule has 0 unspecified atom stereocenters. The van der Waals surface area contributed by atoms with Gasteiger partial charge in [-0.15, -0.1) is 0 Å². The number of nitrogens with zero attached hydrogens (tertiary/aromatic N) is 2. The normalized spacial score (nSPS) is 18.2. The standard InChI is InChI=1S/C22H19Cl3N2O2/c1-13-8-10-26(11-9-13)20-19(14-2-4-15(23)5-3-14)21(28)27(22(20)29)16-6-7-17(24)18(25)12-16/h2-7,12-13H,8-11H2,1H3. The van der Waals surface area contributed by atoms with E-state index in [1.807, 2.05) is 4.90 Å². The number of rotatable bonds is 3. The van der Waals surface area contributed by atoms with Gasteiger partial charge in [0.05, 0.1) is 21.3 Å². The highest BCUT2D eigenvalue weighted by Crippen LogP contribution is 2.38. The second kappa shape index (κ2) is 8.02. The molecule has 0 N–H and O–H groups in total. The molecule has 0 bridgehead atoms. The van der Waals surface area contributed by atoms with Crippen LogP contribution in [0.2, 0.25) is 15.1 Å². The molecule has 1 saturated heterocycles. The van der Waals surface area contributed by atoms with Crippen LogP contribution in [-0.2, 0) is 9.59 Å². The minimum atomic E-state index is -0.371. The summed E-state index contributed by atoms with van der Waals surface area (Å²) in [6, 6.07) is 11.7. The zero-order valence-corrected chi connectivity index (χ0v) is 18.1. The fourth-order valence-electron chi connectivity index (χ4n) is 3.78. The fourth-order valence-corrected chi connectivity index (χ4v) is 4.20. The van der Waals surface area contributed by atoms with E-state index in [4.69, 9.17) is 34.8 Å². The topological polar surface area (TPSA) is 40.6 Å². The molecule has 1 fully saturated rings.